The molecule has 4 rings (SSSR count). The monoisotopic (exact) mass is 382 g/mol. The Hall–Kier alpha value is -1.91. The molecule has 0 radical (unpaired) electrons. The lowest BCUT2D eigenvalue weighted by molar-refractivity contribution is -0.132. The Morgan fingerprint density at radius 1 is 1.25 bits per heavy atom. The number of ketones is 1. The van der Waals surface area contributed by atoms with Crippen molar-refractivity contribution in [3.05, 3.63) is 58.9 Å². The van der Waals surface area contributed by atoms with Crippen LogP contribution in [0, 0.1) is 11.8 Å². The lowest BCUT2D eigenvalue weighted by Crippen LogP contribution is -2.44. The first-order valence-corrected chi connectivity index (χ1v) is 10.5. The average molecular weight is 383 g/mol. The minimum Gasteiger partial charge on any atom is -0.496 e. The number of fused-ring (bicyclic) bond motifs is 1. The van der Waals surface area contributed by atoms with Crippen LogP contribution in [0.3, 0.4) is 0 Å². The number of Topliss-reactive ketones (excluding diaryl/α,β-unsaturated/α-hetero) is 1. The van der Waals surface area contributed by atoms with Crippen molar-refractivity contribution in [2.45, 2.75) is 50.5 Å². The summed E-state index contributed by atoms with van der Waals surface area (Å²) >= 11 is 0. The molecule has 1 N–H and O–H groups in total. The third-order valence-corrected chi connectivity index (χ3v) is 6.23. The summed E-state index contributed by atoms with van der Waals surface area (Å²) in [5.41, 5.74) is 3.68. The number of aliphatic hydroxyl groups is 1. The Labute approximate surface area is 167 Å². The third-order valence-electron chi connectivity index (χ3n) is 6.23. The van der Waals surface area contributed by atoms with Gasteiger partial charge < -0.3 is 14.6 Å². The van der Waals surface area contributed by atoms with Gasteiger partial charge in [-0.25, -0.2) is 0 Å². The maximum absolute atomic E-state index is 12.9. The van der Waals surface area contributed by atoms with Gasteiger partial charge in [0.05, 0.1) is 19.3 Å². The number of ether oxygens (including phenoxy) is 2. The van der Waals surface area contributed by atoms with Gasteiger partial charge in [0.15, 0.2) is 0 Å². The summed E-state index contributed by atoms with van der Waals surface area (Å²) in [7, 11) is 1.67. The van der Waals surface area contributed by atoms with E-state index in [9.17, 15) is 9.90 Å². The van der Waals surface area contributed by atoms with Crippen LogP contribution in [0.15, 0.2) is 47.7 Å². The number of methoxy groups -OCH3 is 1. The minimum absolute atomic E-state index is 0.0651. The molecule has 3 unspecified atom stereocenters. The zero-order chi connectivity index (χ0) is 19.5. The summed E-state index contributed by atoms with van der Waals surface area (Å²) in [6.45, 7) is 1.02. The Kier molecular flexibility index (Phi) is 5.98. The Bertz CT molecular complexity index is 775. The van der Waals surface area contributed by atoms with E-state index >= 15 is 0 Å². The minimum atomic E-state index is -0.701. The first-order chi connectivity index (χ1) is 13.7. The summed E-state index contributed by atoms with van der Waals surface area (Å²) in [4.78, 5) is 12.9. The van der Waals surface area contributed by atoms with Crippen LogP contribution >= 0.6 is 0 Å². The van der Waals surface area contributed by atoms with Crippen LogP contribution in [0.2, 0.25) is 0 Å². The van der Waals surface area contributed by atoms with E-state index in [0.29, 0.717) is 44.2 Å². The fraction of sp³-hybridized carbons (Fsp3) is 0.542. The highest BCUT2D eigenvalue weighted by Crippen LogP contribution is 2.43. The number of rotatable bonds is 6. The molecule has 4 heteroatoms. The summed E-state index contributed by atoms with van der Waals surface area (Å²) in [6, 6.07) is 8.54. The summed E-state index contributed by atoms with van der Waals surface area (Å²) in [5, 5.41) is 11.2. The van der Waals surface area contributed by atoms with Gasteiger partial charge in [-0.15, -0.1) is 0 Å². The predicted octanol–water partition coefficient (Wildman–Crippen LogP) is 3.94. The first kappa shape index (κ1) is 19.4. The molecule has 2 aliphatic carbocycles. The average Bonchev–Trinajstić information content (AvgIpc) is 3.53. The number of carbonyl (C=O) groups is 1. The molecule has 1 saturated heterocycles. The second-order valence-electron chi connectivity index (χ2n) is 8.26. The van der Waals surface area contributed by atoms with E-state index in [2.05, 4.69) is 24.3 Å². The zero-order valence-corrected chi connectivity index (χ0v) is 16.6. The lowest BCUT2D eigenvalue weighted by Gasteiger charge is -2.38. The van der Waals surface area contributed by atoms with E-state index in [1.165, 1.54) is 24.0 Å². The molecule has 0 amide bonds. The van der Waals surface area contributed by atoms with Gasteiger partial charge in [0.1, 0.15) is 17.5 Å². The molecule has 1 aliphatic heterocycles. The molecule has 0 bridgehead atoms. The van der Waals surface area contributed by atoms with Gasteiger partial charge in [-0.3, -0.25) is 4.79 Å². The number of hydrogen-bond donors (Lipinski definition) is 1. The third kappa shape index (κ3) is 4.08. The molecule has 1 aromatic rings. The van der Waals surface area contributed by atoms with Crippen molar-refractivity contribution in [2.75, 3.05) is 20.3 Å². The standard InChI is InChI=1S/C24H30O4/c1-27-13-12-17-6-3-5-9-21(25)22-23(26)19(15-28-24(17)22)14-18-7-2-4-8-20(18)16-10-11-16/h2-4,6-8,16,19,22-23,26H,5,9-15H2,1H3. The number of allylic oxidation sites excluding steroid dienone is 2. The SMILES string of the molecule is COCCC1=C2OCC(Cc3ccccc3C3CC3)C(O)C2C(=O)CCC=C1. The van der Waals surface area contributed by atoms with Crippen LogP contribution in [0.5, 0.6) is 0 Å². The lowest BCUT2D eigenvalue weighted by atomic mass is 9.78. The summed E-state index contributed by atoms with van der Waals surface area (Å²) in [6.07, 6.45) is 8.49. The molecule has 3 aliphatic rings. The van der Waals surface area contributed by atoms with Crippen LogP contribution in [0.4, 0.5) is 0 Å². The smallest absolute Gasteiger partial charge is 0.146 e. The molecule has 3 atom stereocenters. The van der Waals surface area contributed by atoms with Gasteiger partial charge in [0.2, 0.25) is 0 Å². The fourth-order valence-corrected chi connectivity index (χ4v) is 4.52. The van der Waals surface area contributed by atoms with Crippen LogP contribution in [-0.2, 0) is 20.7 Å². The maximum atomic E-state index is 12.9. The highest BCUT2D eigenvalue weighted by atomic mass is 16.5. The van der Waals surface area contributed by atoms with Crippen molar-refractivity contribution < 1.29 is 19.4 Å². The highest BCUT2D eigenvalue weighted by Gasteiger charge is 2.42. The highest BCUT2D eigenvalue weighted by molar-refractivity contribution is 5.85. The van der Waals surface area contributed by atoms with E-state index < -0.39 is 12.0 Å². The molecule has 4 nitrogen and oxygen atoms in total. The maximum Gasteiger partial charge on any atom is 0.146 e. The second kappa shape index (κ2) is 8.62. The molecule has 150 valence electrons. The zero-order valence-electron chi connectivity index (χ0n) is 16.6. The molecule has 28 heavy (non-hydrogen) atoms. The van der Waals surface area contributed by atoms with E-state index in [0.717, 1.165) is 12.0 Å². The predicted molar refractivity (Wildman–Crippen MR) is 108 cm³/mol. The van der Waals surface area contributed by atoms with Crippen molar-refractivity contribution in [1.29, 1.82) is 0 Å². The van der Waals surface area contributed by atoms with Gasteiger partial charge in [0.25, 0.3) is 0 Å². The van der Waals surface area contributed by atoms with Crippen molar-refractivity contribution in [3.8, 4) is 0 Å². The van der Waals surface area contributed by atoms with E-state index in [1.807, 2.05) is 12.2 Å². The Morgan fingerprint density at radius 3 is 2.86 bits per heavy atom. The Morgan fingerprint density at radius 2 is 2.07 bits per heavy atom. The molecular formula is C24H30O4. The number of benzene rings is 1. The van der Waals surface area contributed by atoms with E-state index in [1.54, 1.807) is 7.11 Å². The van der Waals surface area contributed by atoms with E-state index in [-0.39, 0.29) is 11.7 Å². The van der Waals surface area contributed by atoms with Crippen LogP contribution in [0.25, 0.3) is 0 Å². The molecule has 0 aromatic heterocycles. The van der Waals surface area contributed by atoms with Gasteiger partial charge in [-0.05, 0) is 54.7 Å². The molecule has 1 aromatic carbocycles. The van der Waals surface area contributed by atoms with Gasteiger partial charge in [-0.2, -0.15) is 0 Å². The van der Waals surface area contributed by atoms with Crippen molar-refractivity contribution in [1.82, 2.24) is 0 Å². The summed E-state index contributed by atoms with van der Waals surface area (Å²) < 4.78 is 11.4. The molecule has 0 spiro atoms. The Balaban J connectivity index is 1.59. The molecule has 1 heterocycles. The van der Waals surface area contributed by atoms with Gasteiger partial charge in [-0.1, -0.05) is 36.4 Å². The second-order valence-corrected chi connectivity index (χ2v) is 8.26. The quantitative estimate of drug-likeness (QED) is 0.810. The van der Waals surface area contributed by atoms with E-state index in [4.69, 9.17) is 9.47 Å². The summed E-state index contributed by atoms with van der Waals surface area (Å²) in [5.74, 6) is 0.801. The molecule has 1 saturated carbocycles. The van der Waals surface area contributed by atoms with Crippen LogP contribution in [-0.4, -0.2) is 37.3 Å². The largest absolute Gasteiger partial charge is 0.496 e. The van der Waals surface area contributed by atoms with Crippen molar-refractivity contribution in [2.24, 2.45) is 11.8 Å². The van der Waals surface area contributed by atoms with Crippen LogP contribution < -0.4 is 0 Å². The topological polar surface area (TPSA) is 55.8 Å². The number of hydrogen-bond acceptors (Lipinski definition) is 4. The molecule has 2 fully saturated rings. The van der Waals surface area contributed by atoms with Gasteiger partial charge >= 0.3 is 0 Å². The first-order valence-electron chi connectivity index (χ1n) is 10.5. The van der Waals surface area contributed by atoms with Gasteiger partial charge in [0, 0.05) is 19.4 Å². The van der Waals surface area contributed by atoms with Crippen LogP contribution in [0.1, 0.15) is 49.1 Å². The van der Waals surface area contributed by atoms with Crippen molar-refractivity contribution in [3.63, 3.8) is 0 Å². The number of aliphatic hydroxyl groups excluding tert-OH is 1. The normalized spacial score (nSPS) is 27.8. The molecular weight excluding hydrogens is 352 g/mol. The van der Waals surface area contributed by atoms with Crippen molar-refractivity contribution >= 4 is 5.78 Å². The number of carbonyl (C=O) groups excluding carboxylic acids is 1. The fourth-order valence-electron chi connectivity index (χ4n) is 4.52.